The molecule has 172 valence electrons. The first-order chi connectivity index (χ1) is 16.3. The van der Waals surface area contributed by atoms with Crippen LogP contribution in [0.1, 0.15) is 30.9 Å². The Kier molecular flexibility index (Phi) is 5.24. The van der Waals surface area contributed by atoms with Crippen molar-refractivity contribution in [3.8, 4) is 11.3 Å². The number of carbonyl (C=O) groups is 1. The normalized spacial score (nSPS) is 11.6. The number of fused-ring (bicyclic) bond motifs is 3. The highest BCUT2D eigenvalue weighted by molar-refractivity contribution is 5.90. The van der Waals surface area contributed by atoms with Crippen LogP contribution in [0.25, 0.3) is 22.4 Å². The average molecular weight is 458 g/mol. The van der Waals surface area contributed by atoms with Crippen LogP contribution in [0.2, 0.25) is 0 Å². The second kappa shape index (κ2) is 8.26. The van der Waals surface area contributed by atoms with Crippen LogP contribution < -0.4 is 11.0 Å². The van der Waals surface area contributed by atoms with E-state index in [-0.39, 0.29) is 6.54 Å². The minimum atomic E-state index is -0.482. The number of nitrogens with one attached hydrogen (secondary N) is 1. The number of halogens is 1. The van der Waals surface area contributed by atoms with Gasteiger partial charge in [0.15, 0.2) is 5.65 Å². The molecule has 0 aliphatic rings. The minimum Gasteiger partial charge on any atom is -0.324 e. The average Bonchev–Trinajstić information content (AvgIpc) is 3.38. The van der Waals surface area contributed by atoms with Gasteiger partial charge in [0.2, 0.25) is 5.91 Å². The molecule has 0 atom stereocenters. The fraction of sp³-hybridized carbons (Fsp3) is 0.200. The first-order valence-corrected chi connectivity index (χ1v) is 10.9. The molecule has 3 aromatic heterocycles. The molecule has 9 heteroatoms. The number of hydrogen-bond acceptors (Lipinski definition) is 4. The summed E-state index contributed by atoms with van der Waals surface area (Å²) in [6.45, 7) is 5.62. The van der Waals surface area contributed by atoms with Gasteiger partial charge in [-0.1, -0.05) is 44.2 Å². The van der Waals surface area contributed by atoms with E-state index in [4.69, 9.17) is 0 Å². The molecule has 0 saturated carbocycles. The molecule has 0 aliphatic carbocycles. The molecule has 1 N–H and O–H groups in total. The van der Waals surface area contributed by atoms with Gasteiger partial charge in [-0.2, -0.15) is 5.10 Å². The number of aromatic nitrogens is 5. The summed E-state index contributed by atoms with van der Waals surface area (Å²) in [4.78, 5) is 25.3. The molecule has 0 spiro atoms. The Morgan fingerprint density at radius 1 is 1.06 bits per heavy atom. The summed E-state index contributed by atoms with van der Waals surface area (Å²) in [5, 5.41) is 11.6. The lowest BCUT2D eigenvalue weighted by Gasteiger charge is -2.05. The number of nitrogens with zero attached hydrogens (tertiary/aromatic N) is 5. The van der Waals surface area contributed by atoms with E-state index in [2.05, 4.69) is 41.5 Å². The van der Waals surface area contributed by atoms with Gasteiger partial charge in [0.1, 0.15) is 17.9 Å². The lowest BCUT2D eigenvalue weighted by molar-refractivity contribution is -0.117. The molecule has 2 aromatic carbocycles. The Balaban J connectivity index is 1.45. The fourth-order valence-corrected chi connectivity index (χ4v) is 3.82. The maximum absolute atomic E-state index is 13.8. The summed E-state index contributed by atoms with van der Waals surface area (Å²) in [5.74, 6) is -0.461. The second-order valence-corrected chi connectivity index (χ2v) is 8.58. The highest BCUT2D eigenvalue weighted by Crippen LogP contribution is 2.24. The highest BCUT2D eigenvalue weighted by atomic mass is 19.1. The van der Waals surface area contributed by atoms with Crippen molar-refractivity contribution in [2.75, 3.05) is 5.32 Å². The maximum atomic E-state index is 13.8. The lowest BCUT2D eigenvalue weighted by Crippen LogP contribution is -2.28. The predicted molar refractivity (Wildman–Crippen MR) is 127 cm³/mol. The summed E-state index contributed by atoms with van der Waals surface area (Å²) < 4.78 is 17.9. The van der Waals surface area contributed by atoms with E-state index < -0.39 is 17.4 Å². The summed E-state index contributed by atoms with van der Waals surface area (Å²) >= 11 is 0. The molecule has 0 fully saturated rings. The largest absolute Gasteiger partial charge is 0.350 e. The first kappa shape index (κ1) is 21.6. The number of rotatable bonds is 5. The zero-order valence-electron chi connectivity index (χ0n) is 19.0. The highest BCUT2D eigenvalue weighted by Gasteiger charge is 2.16. The van der Waals surface area contributed by atoms with Gasteiger partial charge in [-0.15, -0.1) is 5.10 Å². The van der Waals surface area contributed by atoms with Gasteiger partial charge < -0.3 is 5.32 Å². The Morgan fingerprint density at radius 3 is 2.53 bits per heavy atom. The van der Waals surface area contributed by atoms with Crippen LogP contribution >= 0.6 is 0 Å². The van der Waals surface area contributed by atoms with E-state index in [0.29, 0.717) is 28.3 Å². The summed E-state index contributed by atoms with van der Waals surface area (Å²) in [7, 11) is 0. The Hall–Kier alpha value is -4.27. The molecule has 1 amide bonds. The summed E-state index contributed by atoms with van der Waals surface area (Å²) in [6, 6.07) is 14.5. The molecule has 5 rings (SSSR count). The zero-order chi connectivity index (χ0) is 24.0. The van der Waals surface area contributed by atoms with Crippen molar-refractivity contribution < 1.29 is 9.18 Å². The number of anilines is 1. The Bertz CT molecular complexity index is 1590. The van der Waals surface area contributed by atoms with Crippen molar-refractivity contribution in [1.29, 1.82) is 0 Å². The fourth-order valence-electron chi connectivity index (χ4n) is 3.82. The van der Waals surface area contributed by atoms with E-state index >= 15 is 0 Å². The molecule has 0 aliphatic heterocycles. The molecule has 8 nitrogen and oxygen atoms in total. The van der Waals surface area contributed by atoms with Crippen LogP contribution in [-0.4, -0.2) is 29.7 Å². The van der Waals surface area contributed by atoms with Gasteiger partial charge in [-0.05, 0) is 42.2 Å². The molecule has 5 aromatic rings. The number of hydrogen-bond donors (Lipinski definition) is 1. The van der Waals surface area contributed by atoms with Crippen LogP contribution in [-0.2, 0) is 11.3 Å². The van der Waals surface area contributed by atoms with Gasteiger partial charge >= 0.3 is 5.69 Å². The molecule has 0 bridgehead atoms. The zero-order valence-corrected chi connectivity index (χ0v) is 19.0. The minimum absolute atomic E-state index is 0.306. The van der Waals surface area contributed by atoms with E-state index in [9.17, 15) is 14.0 Å². The topological polar surface area (TPSA) is 85.7 Å². The summed E-state index contributed by atoms with van der Waals surface area (Å²) in [6.07, 6.45) is 3.25. The van der Waals surface area contributed by atoms with E-state index in [1.165, 1.54) is 16.0 Å². The molecule has 0 saturated heterocycles. The van der Waals surface area contributed by atoms with Gasteiger partial charge in [0, 0.05) is 23.6 Å². The first-order valence-electron chi connectivity index (χ1n) is 10.9. The quantitative estimate of drug-likeness (QED) is 0.431. The third kappa shape index (κ3) is 3.85. The van der Waals surface area contributed by atoms with Crippen LogP contribution in [0.3, 0.4) is 0 Å². The maximum Gasteiger partial charge on any atom is 0.350 e. The Morgan fingerprint density at radius 2 is 1.82 bits per heavy atom. The number of carbonyl (C=O) groups excluding carboxylic acids is 1. The monoisotopic (exact) mass is 458 g/mol. The van der Waals surface area contributed by atoms with E-state index in [0.717, 1.165) is 15.9 Å². The molecular weight excluding hydrogens is 435 g/mol. The van der Waals surface area contributed by atoms with Crippen LogP contribution in [0, 0.1) is 12.7 Å². The van der Waals surface area contributed by atoms with Gasteiger partial charge in [-0.25, -0.2) is 22.8 Å². The second-order valence-electron chi connectivity index (χ2n) is 8.58. The Labute approximate surface area is 194 Å². The van der Waals surface area contributed by atoms with Crippen LogP contribution in [0.5, 0.6) is 0 Å². The van der Waals surface area contributed by atoms with Crippen LogP contribution in [0.15, 0.2) is 65.7 Å². The smallest absolute Gasteiger partial charge is 0.324 e. The molecule has 0 radical (unpaired) electrons. The molecule has 3 heterocycles. The van der Waals surface area contributed by atoms with Crippen molar-refractivity contribution in [3.63, 3.8) is 0 Å². The SMILES string of the molecule is Cc1ccc(NC(=O)Cn2nc3c4cc(-c5ccc(C(C)C)cc5)nn4ccn3c2=O)cc1F. The van der Waals surface area contributed by atoms with Crippen LogP contribution in [0.4, 0.5) is 10.1 Å². The van der Waals surface area contributed by atoms with Gasteiger partial charge in [0.25, 0.3) is 0 Å². The van der Waals surface area contributed by atoms with Crippen molar-refractivity contribution >= 4 is 22.8 Å². The lowest BCUT2D eigenvalue weighted by atomic mass is 10.0. The predicted octanol–water partition coefficient (Wildman–Crippen LogP) is 4.02. The number of aryl methyl sites for hydroxylation is 1. The third-order valence-corrected chi connectivity index (χ3v) is 5.81. The number of benzene rings is 2. The van der Waals surface area contributed by atoms with E-state index in [1.54, 1.807) is 36.0 Å². The van der Waals surface area contributed by atoms with Crippen molar-refractivity contribution in [2.24, 2.45) is 0 Å². The molecule has 34 heavy (non-hydrogen) atoms. The van der Waals surface area contributed by atoms with Crippen molar-refractivity contribution in [1.82, 2.24) is 23.8 Å². The number of amides is 1. The third-order valence-electron chi connectivity index (χ3n) is 5.81. The standard InChI is InChI=1S/C25H23FN6O2/c1-15(2)17-5-7-18(8-6-17)21-13-22-24-29-32(25(34)30(24)10-11-31(22)28-21)14-23(33)27-19-9-4-16(3)20(26)12-19/h4-13,15H,14H2,1-3H3,(H,27,33). The van der Waals surface area contributed by atoms with Gasteiger partial charge in [0.05, 0.1) is 5.69 Å². The molecular formula is C25H23FN6O2. The van der Waals surface area contributed by atoms with E-state index in [1.807, 2.05) is 18.2 Å². The summed E-state index contributed by atoms with van der Waals surface area (Å²) in [5.41, 5.74) is 4.33. The van der Waals surface area contributed by atoms with Crippen molar-refractivity contribution in [2.45, 2.75) is 33.2 Å². The van der Waals surface area contributed by atoms with Gasteiger partial charge in [-0.3, -0.25) is 4.79 Å². The molecule has 0 unspecified atom stereocenters. The van der Waals surface area contributed by atoms with Crippen molar-refractivity contribution in [3.05, 3.63) is 88.4 Å².